The molecule has 0 spiro atoms. The molecule has 2 atom stereocenters. The van der Waals surface area contributed by atoms with Crippen molar-refractivity contribution >= 4 is 12.1 Å². The highest BCUT2D eigenvalue weighted by atomic mass is 19.1. The molecule has 2 unspecified atom stereocenters. The smallest absolute Gasteiger partial charge is 0.269 e. The molecule has 2 aromatic rings. The maximum Gasteiger partial charge on any atom is 0.269 e. The molecule has 2 aromatic carbocycles. The number of rotatable bonds is 6. The number of hydrogen-bond donors (Lipinski definition) is 4. The van der Waals surface area contributed by atoms with Crippen LogP contribution in [0.1, 0.15) is 28.7 Å². The van der Waals surface area contributed by atoms with E-state index in [0.717, 1.165) is 16.7 Å². The molecule has 156 valence electrons. The summed E-state index contributed by atoms with van der Waals surface area (Å²) in [5.74, 6) is -0.808. The number of carbonyl (C=O) groups excluding carboxylic acids is 1. The zero-order valence-corrected chi connectivity index (χ0v) is 16.8. The summed E-state index contributed by atoms with van der Waals surface area (Å²) in [4.78, 5) is 14.7. The lowest BCUT2D eigenvalue weighted by Crippen LogP contribution is -2.41. The van der Waals surface area contributed by atoms with Crippen LogP contribution in [-0.2, 0) is 11.3 Å². The van der Waals surface area contributed by atoms with Crippen molar-refractivity contribution in [3.8, 4) is 0 Å². The zero-order chi connectivity index (χ0) is 21.7. The first-order valence-electron chi connectivity index (χ1n) is 9.67. The zero-order valence-electron chi connectivity index (χ0n) is 16.8. The monoisotopic (exact) mass is 407 g/mol. The Balaban J connectivity index is 1.86. The van der Waals surface area contributed by atoms with Gasteiger partial charge in [0.05, 0.1) is 11.7 Å². The van der Waals surface area contributed by atoms with Crippen molar-refractivity contribution in [1.82, 2.24) is 10.2 Å². The van der Waals surface area contributed by atoms with Gasteiger partial charge in [-0.05, 0) is 40.5 Å². The van der Waals surface area contributed by atoms with E-state index in [1.165, 1.54) is 24.4 Å². The fourth-order valence-corrected chi connectivity index (χ4v) is 3.68. The highest BCUT2D eigenvalue weighted by Crippen LogP contribution is 2.33. The third kappa shape index (κ3) is 4.58. The number of nitrogens with zero attached hydrogens (tertiary/aromatic N) is 1. The number of amides is 1. The summed E-state index contributed by atoms with van der Waals surface area (Å²) in [6.45, 7) is 0.829. The Bertz CT molecular complexity index is 983. The Kier molecular flexibility index (Phi) is 6.64. The predicted molar refractivity (Wildman–Crippen MR) is 116 cm³/mol. The highest BCUT2D eigenvalue weighted by Gasteiger charge is 2.30. The van der Waals surface area contributed by atoms with Crippen LogP contribution in [0.2, 0.25) is 0 Å². The highest BCUT2D eigenvalue weighted by molar-refractivity contribution is 5.93. The van der Waals surface area contributed by atoms with Crippen molar-refractivity contribution in [3.05, 3.63) is 94.6 Å². The molecule has 0 fully saturated rings. The quantitative estimate of drug-likeness (QED) is 0.436. The van der Waals surface area contributed by atoms with Gasteiger partial charge in [-0.3, -0.25) is 4.79 Å². The molecule has 1 amide bonds. The van der Waals surface area contributed by atoms with Gasteiger partial charge >= 0.3 is 0 Å². The van der Waals surface area contributed by atoms with Gasteiger partial charge in [-0.25, -0.2) is 4.39 Å². The first kappa shape index (κ1) is 21.3. The van der Waals surface area contributed by atoms with Crippen LogP contribution in [-0.4, -0.2) is 30.6 Å². The second-order valence-electron chi connectivity index (χ2n) is 7.21. The van der Waals surface area contributed by atoms with Crippen molar-refractivity contribution < 1.29 is 9.18 Å². The molecule has 0 radical (unpaired) electrons. The van der Waals surface area contributed by atoms with E-state index in [0.29, 0.717) is 18.7 Å². The summed E-state index contributed by atoms with van der Waals surface area (Å²) in [6, 6.07) is 13.1. The van der Waals surface area contributed by atoms with Crippen molar-refractivity contribution in [2.24, 2.45) is 11.5 Å². The first-order valence-corrected chi connectivity index (χ1v) is 9.67. The lowest BCUT2D eigenvalue weighted by atomic mass is 9.85. The van der Waals surface area contributed by atoms with Gasteiger partial charge < -0.3 is 27.1 Å². The van der Waals surface area contributed by atoms with E-state index in [9.17, 15) is 9.18 Å². The normalized spacial score (nSPS) is 17.8. The Morgan fingerprint density at radius 1 is 1.27 bits per heavy atom. The number of benzene rings is 2. The summed E-state index contributed by atoms with van der Waals surface area (Å²) in [5.41, 5.74) is 15.8. The number of carbonyl (C=O) groups is 1. The molecule has 1 heterocycles. The SMILES string of the molecule is CN/C=C(\C=N)C1CN(C(=O)/C(N)=C/C(N)c2ccc(F)cc2)Cc2ccccc21. The molecular formula is C23H26FN5O. The van der Waals surface area contributed by atoms with E-state index in [2.05, 4.69) is 5.32 Å². The van der Waals surface area contributed by atoms with E-state index < -0.39 is 6.04 Å². The van der Waals surface area contributed by atoms with E-state index in [1.807, 2.05) is 24.3 Å². The largest absolute Gasteiger partial charge is 0.394 e. The van der Waals surface area contributed by atoms with Crippen LogP contribution >= 0.6 is 0 Å². The maximum atomic E-state index is 13.1. The van der Waals surface area contributed by atoms with Gasteiger partial charge in [0.1, 0.15) is 5.82 Å². The van der Waals surface area contributed by atoms with Crippen molar-refractivity contribution in [2.45, 2.75) is 18.5 Å². The number of nitrogens with one attached hydrogen (secondary N) is 2. The van der Waals surface area contributed by atoms with Gasteiger partial charge in [-0.1, -0.05) is 36.4 Å². The second-order valence-corrected chi connectivity index (χ2v) is 7.21. The van der Waals surface area contributed by atoms with Crippen LogP contribution in [0.3, 0.4) is 0 Å². The van der Waals surface area contributed by atoms with Crippen molar-refractivity contribution in [2.75, 3.05) is 13.6 Å². The Morgan fingerprint density at radius 3 is 2.63 bits per heavy atom. The van der Waals surface area contributed by atoms with Crippen LogP contribution in [0, 0.1) is 11.2 Å². The molecule has 7 heteroatoms. The van der Waals surface area contributed by atoms with E-state index in [4.69, 9.17) is 16.9 Å². The lowest BCUT2D eigenvalue weighted by Gasteiger charge is -2.35. The average molecular weight is 407 g/mol. The van der Waals surface area contributed by atoms with Crippen LogP contribution in [0.15, 0.2) is 72.1 Å². The Morgan fingerprint density at radius 2 is 1.97 bits per heavy atom. The van der Waals surface area contributed by atoms with Crippen LogP contribution in [0.4, 0.5) is 4.39 Å². The minimum Gasteiger partial charge on any atom is -0.394 e. The molecule has 3 rings (SSSR count). The molecule has 0 saturated heterocycles. The minimum absolute atomic E-state index is 0.0407. The summed E-state index contributed by atoms with van der Waals surface area (Å²) < 4.78 is 13.1. The Hall–Kier alpha value is -3.45. The standard InChI is InChI=1S/C23H26FN5O/c1-28-12-17(11-25)20-14-29(13-16-4-2-3-5-19(16)20)23(30)22(27)10-21(26)15-6-8-18(24)9-7-15/h2-12,20-21,25,28H,13-14,26-27H2,1H3/b17-12+,22-10-,25-11?. The summed E-state index contributed by atoms with van der Waals surface area (Å²) in [6.07, 6.45) is 4.56. The predicted octanol–water partition coefficient (Wildman–Crippen LogP) is 2.55. The van der Waals surface area contributed by atoms with Crippen LogP contribution in [0.25, 0.3) is 0 Å². The molecule has 6 nitrogen and oxygen atoms in total. The van der Waals surface area contributed by atoms with Gasteiger partial charge in [0.25, 0.3) is 5.91 Å². The van der Waals surface area contributed by atoms with E-state index >= 15 is 0 Å². The molecule has 0 saturated carbocycles. The summed E-state index contributed by atoms with van der Waals surface area (Å²) >= 11 is 0. The molecule has 0 aromatic heterocycles. The van der Waals surface area contributed by atoms with E-state index in [-0.39, 0.29) is 23.3 Å². The first-order chi connectivity index (χ1) is 14.4. The summed E-state index contributed by atoms with van der Waals surface area (Å²) in [7, 11) is 1.78. The molecule has 1 aliphatic rings. The van der Waals surface area contributed by atoms with Crippen LogP contribution in [0.5, 0.6) is 0 Å². The van der Waals surface area contributed by atoms with Crippen molar-refractivity contribution in [3.63, 3.8) is 0 Å². The average Bonchev–Trinajstić information content (AvgIpc) is 2.76. The third-order valence-corrected chi connectivity index (χ3v) is 5.22. The molecule has 6 N–H and O–H groups in total. The van der Waals surface area contributed by atoms with E-state index in [1.54, 1.807) is 30.3 Å². The number of fused-ring (bicyclic) bond motifs is 1. The summed E-state index contributed by atoms with van der Waals surface area (Å²) in [5, 5.41) is 10.8. The molecule has 1 aliphatic heterocycles. The molecule has 0 bridgehead atoms. The van der Waals surface area contributed by atoms with Gasteiger partial charge in [-0.15, -0.1) is 0 Å². The molecular weight excluding hydrogens is 381 g/mol. The maximum absolute atomic E-state index is 13.1. The fraction of sp³-hybridized carbons (Fsp3) is 0.217. The van der Waals surface area contributed by atoms with Crippen molar-refractivity contribution in [1.29, 1.82) is 5.41 Å². The molecule has 30 heavy (non-hydrogen) atoms. The number of halogens is 1. The Labute approximate surface area is 175 Å². The van der Waals surface area contributed by atoms with Gasteiger partial charge in [0.15, 0.2) is 0 Å². The minimum atomic E-state index is -0.622. The van der Waals surface area contributed by atoms with Crippen LogP contribution < -0.4 is 16.8 Å². The second kappa shape index (κ2) is 9.37. The topological polar surface area (TPSA) is 108 Å². The number of hydrogen-bond acceptors (Lipinski definition) is 5. The third-order valence-electron chi connectivity index (χ3n) is 5.22. The number of nitrogens with two attached hydrogens (primary N) is 2. The van der Waals surface area contributed by atoms with Gasteiger partial charge in [-0.2, -0.15) is 0 Å². The molecule has 0 aliphatic carbocycles. The van der Waals surface area contributed by atoms with Gasteiger partial charge in [0.2, 0.25) is 0 Å². The lowest BCUT2D eigenvalue weighted by molar-refractivity contribution is -0.128. The van der Waals surface area contributed by atoms with Gasteiger partial charge in [0, 0.05) is 38.5 Å². The fourth-order valence-electron chi connectivity index (χ4n) is 3.68.